The predicted octanol–water partition coefficient (Wildman–Crippen LogP) is 4.69. The minimum Gasteiger partial charge on any atom is -0.294 e. The fourth-order valence-electron chi connectivity index (χ4n) is 4.16. The molecule has 0 amide bonds. The number of ketones is 1. The maximum Gasteiger partial charge on any atom is 0.163 e. The van der Waals surface area contributed by atoms with Gasteiger partial charge in [0.15, 0.2) is 5.78 Å². The van der Waals surface area contributed by atoms with Gasteiger partial charge in [0, 0.05) is 12.0 Å². The van der Waals surface area contributed by atoms with Crippen LogP contribution in [0.5, 0.6) is 0 Å². The minimum absolute atomic E-state index is 0.313. The molecule has 0 N–H and O–H groups in total. The van der Waals surface area contributed by atoms with Crippen molar-refractivity contribution >= 4 is 5.78 Å². The third-order valence-electron chi connectivity index (χ3n) is 5.61. The molecule has 1 nitrogen and oxygen atoms in total. The van der Waals surface area contributed by atoms with Gasteiger partial charge >= 0.3 is 0 Å². The van der Waals surface area contributed by atoms with Gasteiger partial charge in [-0.05, 0) is 66.2 Å². The zero-order chi connectivity index (χ0) is 13.8. The summed E-state index contributed by atoms with van der Waals surface area (Å²) in [5.41, 5.74) is 7.05. The maximum absolute atomic E-state index is 12.1. The summed E-state index contributed by atoms with van der Waals surface area (Å²) in [5, 5.41) is 0. The van der Waals surface area contributed by atoms with E-state index < -0.39 is 0 Å². The zero-order valence-corrected chi connectivity index (χ0v) is 12.6. The topological polar surface area (TPSA) is 17.1 Å². The van der Waals surface area contributed by atoms with E-state index in [-0.39, 0.29) is 0 Å². The molecular formula is C18H24O. The molecule has 0 aliphatic heterocycles. The molecule has 1 aromatic carbocycles. The van der Waals surface area contributed by atoms with Crippen LogP contribution in [0.4, 0.5) is 0 Å². The molecule has 2 aliphatic rings. The Morgan fingerprint density at radius 1 is 1.37 bits per heavy atom. The highest BCUT2D eigenvalue weighted by Crippen LogP contribution is 2.48. The summed E-state index contributed by atoms with van der Waals surface area (Å²) in [6, 6.07) is 2.33. The molecule has 2 atom stereocenters. The molecule has 1 heteroatoms. The highest BCUT2D eigenvalue weighted by Gasteiger charge is 2.38. The van der Waals surface area contributed by atoms with Crippen LogP contribution >= 0.6 is 0 Å². The van der Waals surface area contributed by atoms with Crippen LogP contribution in [0.15, 0.2) is 6.07 Å². The summed E-state index contributed by atoms with van der Waals surface area (Å²) in [7, 11) is 0. The fraction of sp³-hybridized carbons (Fsp3) is 0.611. The third kappa shape index (κ3) is 1.70. The molecule has 3 rings (SSSR count). The monoisotopic (exact) mass is 256 g/mol. The van der Waals surface area contributed by atoms with Crippen molar-refractivity contribution in [3.8, 4) is 0 Å². The number of fused-ring (bicyclic) bond motifs is 3. The average Bonchev–Trinajstić information content (AvgIpc) is 2.77. The van der Waals surface area contributed by atoms with Crippen molar-refractivity contribution in [1.82, 2.24) is 0 Å². The number of hydrogen-bond acceptors (Lipinski definition) is 1. The van der Waals surface area contributed by atoms with Crippen LogP contribution in [0.3, 0.4) is 0 Å². The van der Waals surface area contributed by atoms with Gasteiger partial charge < -0.3 is 0 Å². The third-order valence-corrected chi connectivity index (χ3v) is 5.61. The number of rotatable bonds is 1. The molecule has 1 aromatic rings. The molecular weight excluding hydrogens is 232 g/mol. The largest absolute Gasteiger partial charge is 0.294 e. The van der Waals surface area contributed by atoms with E-state index >= 15 is 0 Å². The summed E-state index contributed by atoms with van der Waals surface area (Å²) in [6.45, 7) is 9.16. The predicted molar refractivity (Wildman–Crippen MR) is 79.1 cm³/mol. The molecule has 2 aliphatic carbocycles. The number of benzene rings is 1. The van der Waals surface area contributed by atoms with Gasteiger partial charge in [-0.15, -0.1) is 0 Å². The Balaban J connectivity index is 2.31. The molecule has 0 saturated heterocycles. The number of carbonyl (C=O) groups is 1. The van der Waals surface area contributed by atoms with E-state index in [1.165, 1.54) is 36.0 Å². The molecule has 102 valence electrons. The van der Waals surface area contributed by atoms with Gasteiger partial charge in [-0.25, -0.2) is 0 Å². The molecule has 0 spiro atoms. The first-order valence-corrected chi connectivity index (χ1v) is 7.68. The number of hydrogen-bond donors (Lipinski definition) is 0. The van der Waals surface area contributed by atoms with Crippen LogP contribution < -0.4 is 0 Å². The molecule has 0 heterocycles. The lowest BCUT2D eigenvalue weighted by Crippen LogP contribution is -2.29. The van der Waals surface area contributed by atoms with E-state index in [1.54, 1.807) is 5.56 Å². The van der Waals surface area contributed by atoms with Gasteiger partial charge in [0.05, 0.1) is 0 Å². The first-order chi connectivity index (χ1) is 8.98. The number of Topliss-reactive ketones (excluding diaryl/α,β-unsaturated/α-hetero) is 1. The van der Waals surface area contributed by atoms with E-state index in [2.05, 4.69) is 33.8 Å². The van der Waals surface area contributed by atoms with Crippen molar-refractivity contribution in [1.29, 1.82) is 0 Å². The lowest BCUT2D eigenvalue weighted by molar-refractivity contribution is 0.0994. The second kappa shape index (κ2) is 4.19. The normalized spacial score (nSPS) is 29.3. The van der Waals surface area contributed by atoms with E-state index in [4.69, 9.17) is 0 Å². The molecule has 0 aromatic heterocycles. The quantitative estimate of drug-likeness (QED) is 0.712. The molecule has 0 fully saturated rings. The van der Waals surface area contributed by atoms with Crippen LogP contribution in [0.25, 0.3) is 0 Å². The van der Waals surface area contributed by atoms with Crippen LogP contribution in [0.2, 0.25) is 0 Å². The Bertz CT molecular complexity index is 555. The van der Waals surface area contributed by atoms with Crippen LogP contribution in [-0.2, 0) is 11.8 Å². The van der Waals surface area contributed by atoms with Crippen LogP contribution in [-0.4, -0.2) is 5.78 Å². The second-order valence-corrected chi connectivity index (χ2v) is 6.79. The molecule has 0 saturated carbocycles. The number of carbonyl (C=O) groups excluding carboxylic acids is 1. The van der Waals surface area contributed by atoms with Crippen LogP contribution in [0, 0.1) is 6.92 Å². The SMILES string of the molecule is CC[C@@]1(C)CC[C@@H](C)c2c1cc(C)c1c2CCC1=O. The number of aryl methyl sites for hydroxylation is 1. The fourth-order valence-corrected chi connectivity index (χ4v) is 4.16. The van der Waals surface area contributed by atoms with Gasteiger partial charge in [0.25, 0.3) is 0 Å². The highest BCUT2D eigenvalue weighted by molar-refractivity contribution is 6.02. The highest BCUT2D eigenvalue weighted by atomic mass is 16.1. The summed E-state index contributed by atoms with van der Waals surface area (Å²) in [5.74, 6) is 0.987. The van der Waals surface area contributed by atoms with Gasteiger partial charge in [0.2, 0.25) is 0 Å². The Hall–Kier alpha value is -1.11. The van der Waals surface area contributed by atoms with Gasteiger partial charge in [0.1, 0.15) is 0 Å². The van der Waals surface area contributed by atoms with Crippen molar-refractivity contribution < 1.29 is 4.79 Å². The van der Waals surface area contributed by atoms with Crippen molar-refractivity contribution in [3.63, 3.8) is 0 Å². The van der Waals surface area contributed by atoms with Crippen LogP contribution in [0.1, 0.15) is 85.0 Å². The molecule has 0 radical (unpaired) electrons. The van der Waals surface area contributed by atoms with E-state index in [9.17, 15) is 4.79 Å². The zero-order valence-electron chi connectivity index (χ0n) is 12.6. The van der Waals surface area contributed by atoms with E-state index in [0.717, 1.165) is 18.4 Å². The standard InChI is InChI=1S/C18H24O/c1-5-18(4)9-8-11(2)16-13-6-7-15(19)17(13)12(3)10-14(16)18/h10-11H,5-9H2,1-4H3/t11-,18+/m1/s1. The molecule has 19 heavy (non-hydrogen) atoms. The minimum atomic E-state index is 0.313. The van der Waals surface area contributed by atoms with Gasteiger partial charge in [-0.3, -0.25) is 4.79 Å². The summed E-state index contributed by atoms with van der Waals surface area (Å²) in [4.78, 5) is 12.1. The maximum atomic E-state index is 12.1. The first kappa shape index (κ1) is 12.9. The summed E-state index contributed by atoms with van der Waals surface area (Å²) in [6.07, 6.45) is 5.44. The van der Waals surface area contributed by atoms with Crippen molar-refractivity contribution in [2.75, 3.05) is 0 Å². The average molecular weight is 256 g/mol. The summed E-state index contributed by atoms with van der Waals surface area (Å²) >= 11 is 0. The lowest BCUT2D eigenvalue weighted by atomic mass is 9.65. The van der Waals surface area contributed by atoms with Crippen molar-refractivity contribution in [3.05, 3.63) is 33.9 Å². The first-order valence-electron chi connectivity index (χ1n) is 7.68. The van der Waals surface area contributed by atoms with Gasteiger partial charge in [-0.1, -0.05) is 26.8 Å². The van der Waals surface area contributed by atoms with E-state index in [1.807, 2.05) is 0 Å². The summed E-state index contributed by atoms with van der Waals surface area (Å²) < 4.78 is 0. The van der Waals surface area contributed by atoms with E-state index in [0.29, 0.717) is 17.1 Å². The molecule has 0 unspecified atom stereocenters. The van der Waals surface area contributed by atoms with Crippen molar-refractivity contribution in [2.45, 2.75) is 71.1 Å². The Kier molecular flexibility index (Phi) is 2.85. The Morgan fingerprint density at radius 3 is 2.79 bits per heavy atom. The van der Waals surface area contributed by atoms with Crippen molar-refractivity contribution in [2.24, 2.45) is 0 Å². The molecule has 0 bridgehead atoms. The Labute approximate surface area is 116 Å². The smallest absolute Gasteiger partial charge is 0.163 e. The van der Waals surface area contributed by atoms with Gasteiger partial charge in [-0.2, -0.15) is 0 Å². The second-order valence-electron chi connectivity index (χ2n) is 6.79. The lowest BCUT2D eigenvalue weighted by Gasteiger charge is -2.40. The Morgan fingerprint density at radius 2 is 2.11 bits per heavy atom.